The van der Waals surface area contributed by atoms with Crippen molar-refractivity contribution in [1.82, 2.24) is 10.2 Å². The molecule has 0 saturated carbocycles. The number of hydrogen-bond acceptors (Lipinski definition) is 3. The zero-order valence-corrected chi connectivity index (χ0v) is 9.84. The summed E-state index contributed by atoms with van der Waals surface area (Å²) >= 11 is 0. The van der Waals surface area contributed by atoms with Gasteiger partial charge in [0, 0.05) is 25.3 Å². The smallest absolute Gasteiger partial charge is 0.106 e. The summed E-state index contributed by atoms with van der Waals surface area (Å²) in [5, 5.41) is 3.59. The van der Waals surface area contributed by atoms with E-state index in [1.807, 2.05) is 0 Å². The SMILES string of the molecule is CC1CNC2=C3CN(C)CC3OC2(C)C1. The molecule has 3 nitrogen and oxygen atoms in total. The highest BCUT2D eigenvalue weighted by molar-refractivity contribution is 5.35. The number of nitrogens with one attached hydrogen (secondary N) is 1. The predicted octanol–water partition coefficient (Wildman–Crippen LogP) is 0.973. The largest absolute Gasteiger partial charge is 0.386 e. The summed E-state index contributed by atoms with van der Waals surface area (Å²) in [5.41, 5.74) is 2.89. The van der Waals surface area contributed by atoms with E-state index in [1.165, 1.54) is 17.7 Å². The third kappa shape index (κ3) is 1.33. The first-order valence-electron chi connectivity index (χ1n) is 5.92. The quantitative estimate of drug-likeness (QED) is 0.642. The number of fused-ring (bicyclic) bond motifs is 2. The van der Waals surface area contributed by atoms with Crippen LogP contribution in [0.25, 0.3) is 0 Å². The van der Waals surface area contributed by atoms with E-state index in [-0.39, 0.29) is 5.60 Å². The minimum Gasteiger partial charge on any atom is -0.386 e. The second-order valence-corrected chi connectivity index (χ2v) is 5.62. The van der Waals surface area contributed by atoms with Crippen LogP contribution < -0.4 is 5.32 Å². The molecule has 3 heteroatoms. The van der Waals surface area contributed by atoms with Crippen molar-refractivity contribution in [2.24, 2.45) is 5.92 Å². The van der Waals surface area contributed by atoms with E-state index in [1.54, 1.807) is 0 Å². The first kappa shape index (κ1) is 9.67. The van der Waals surface area contributed by atoms with Gasteiger partial charge in [0.2, 0.25) is 0 Å². The van der Waals surface area contributed by atoms with E-state index in [0.29, 0.717) is 6.10 Å². The van der Waals surface area contributed by atoms with Crippen LogP contribution in [0.3, 0.4) is 0 Å². The van der Waals surface area contributed by atoms with Crippen molar-refractivity contribution in [3.8, 4) is 0 Å². The predicted molar refractivity (Wildman–Crippen MR) is 59.6 cm³/mol. The van der Waals surface area contributed by atoms with Crippen molar-refractivity contribution in [1.29, 1.82) is 0 Å². The molecule has 0 aliphatic carbocycles. The van der Waals surface area contributed by atoms with Crippen LogP contribution in [-0.2, 0) is 4.74 Å². The molecule has 0 amide bonds. The van der Waals surface area contributed by atoms with Crippen molar-refractivity contribution in [2.75, 3.05) is 26.7 Å². The minimum absolute atomic E-state index is 0.0150. The summed E-state index contributed by atoms with van der Waals surface area (Å²) in [6, 6.07) is 0. The highest BCUT2D eigenvalue weighted by Crippen LogP contribution is 2.43. The maximum atomic E-state index is 6.24. The zero-order chi connectivity index (χ0) is 10.6. The second kappa shape index (κ2) is 2.98. The second-order valence-electron chi connectivity index (χ2n) is 5.62. The van der Waals surface area contributed by atoms with Gasteiger partial charge in [-0.25, -0.2) is 0 Å². The summed E-state index contributed by atoms with van der Waals surface area (Å²) in [7, 11) is 2.16. The van der Waals surface area contributed by atoms with E-state index in [2.05, 4.69) is 31.1 Å². The third-order valence-corrected chi connectivity index (χ3v) is 3.92. The number of likely N-dealkylation sites (tertiary alicyclic amines) is 1. The summed E-state index contributed by atoms with van der Waals surface area (Å²) < 4.78 is 6.24. The fourth-order valence-electron chi connectivity index (χ4n) is 3.38. The molecule has 0 spiro atoms. The van der Waals surface area contributed by atoms with Crippen LogP contribution in [0.1, 0.15) is 20.3 Å². The Bertz CT molecular complexity index is 326. The summed E-state index contributed by atoms with van der Waals surface area (Å²) in [6.45, 7) is 7.79. The average molecular weight is 208 g/mol. The van der Waals surface area contributed by atoms with Gasteiger partial charge in [-0.15, -0.1) is 0 Å². The maximum Gasteiger partial charge on any atom is 0.106 e. The fraction of sp³-hybridized carbons (Fsp3) is 0.833. The number of nitrogens with zero attached hydrogens (tertiary/aromatic N) is 1. The molecule has 3 unspecified atom stereocenters. The summed E-state index contributed by atoms with van der Waals surface area (Å²) in [5.74, 6) is 0.718. The lowest BCUT2D eigenvalue weighted by Gasteiger charge is -2.37. The molecule has 2 saturated heterocycles. The van der Waals surface area contributed by atoms with Crippen molar-refractivity contribution in [3.63, 3.8) is 0 Å². The standard InChI is InChI=1S/C12H20N2O/c1-8-4-12(2)11(13-5-8)9-6-14(3)7-10(9)15-12/h8,10,13H,4-7H2,1-3H3. The monoisotopic (exact) mass is 208 g/mol. The summed E-state index contributed by atoms with van der Waals surface area (Å²) in [4.78, 5) is 2.34. The van der Waals surface area contributed by atoms with Crippen LogP contribution in [0.4, 0.5) is 0 Å². The Kier molecular flexibility index (Phi) is 1.92. The first-order chi connectivity index (χ1) is 7.08. The topological polar surface area (TPSA) is 24.5 Å². The highest BCUT2D eigenvalue weighted by atomic mass is 16.5. The molecule has 0 aromatic heterocycles. The lowest BCUT2D eigenvalue weighted by molar-refractivity contribution is -0.0429. The summed E-state index contributed by atoms with van der Waals surface area (Å²) in [6.07, 6.45) is 1.52. The van der Waals surface area contributed by atoms with Crippen molar-refractivity contribution < 1.29 is 4.74 Å². The van der Waals surface area contributed by atoms with Gasteiger partial charge in [-0.2, -0.15) is 0 Å². The number of piperidine rings is 1. The van der Waals surface area contributed by atoms with E-state index in [4.69, 9.17) is 4.74 Å². The molecule has 3 rings (SSSR count). The molecule has 15 heavy (non-hydrogen) atoms. The highest BCUT2D eigenvalue weighted by Gasteiger charge is 2.48. The zero-order valence-electron chi connectivity index (χ0n) is 9.84. The molecule has 3 heterocycles. The van der Waals surface area contributed by atoms with E-state index < -0.39 is 0 Å². The van der Waals surface area contributed by atoms with Gasteiger partial charge >= 0.3 is 0 Å². The Morgan fingerprint density at radius 1 is 1.53 bits per heavy atom. The first-order valence-corrected chi connectivity index (χ1v) is 5.92. The maximum absolute atomic E-state index is 6.24. The molecule has 84 valence electrons. The van der Waals surface area contributed by atoms with Gasteiger partial charge in [-0.3, -0.25) is 4.90 Å². The minimum atomic E-state index is -0.0150. The molecular formula is C12H20N2O. The molecule has 0 radical (unpaired) electrons. The van der Waals surface area contributed by atoms with Crippen LogP contribution in [0, 0.1) is 5.92 Å². The van der Waals surface area contributed by atoms with Crippen LogP contribution in [0.2, 0.25) is 0 Å². The van der Waals surface area contributed by atoms with E-state index in [9.17, 15) is 0 Å². The Morgan fingerprint density at radius 3 is 3.13 bits per heavy atom. The number of rotatable bonds is 0. The number of ether oxygens (including phenoxy) is 1. The number of likely N-dealkylation sites (N-methyl/N-ethyl adjacent to an activating group) is 1. The molecule has 0 aromatic rings. The molecule has 2 fully saturated rings. The Hall–Kier alpha value is -0.540. The van der Waals surface area contributed by atoms with Crippen LogP contribution >= 0.6 is 0 Å². The van der Waals surface area contributed by atoms with Gasteiger partial charge in [-0.05, 0) is 31.9 Å². The van der Waals surface area contributed by atoms with Gasteiger partial charge in [0.1, 0.15) is 5.60 Å². The molecular weight excluding hydrogens is 188 g/mol. The van der Waals surface area contributed by atoms with Gasteiger partial charge in [0.25, 0.3) is 0 Å². The van der Waals surface area contributed by atoms with Crippen LogP contribution in [-0.4, -0.2) is 43.3 Å². The van der Waals surface area contributed by atoms with Crippen molar-refractivity contribution >= 4 is 0 Å². The molecule has 0 bridgehead atoms. The van der Waals surface area contributed by atoms with Gasteiger partial charge in [0.05, 0.1) is 6.10 Å². The molecule has 0 aromatic carbocycles. The van der Waals surface area contributed by atoms with Crippen LogP contribution in [0.15, 0.2) is 11.3 Å². The van der Waals surface area contributed by atoms with E-state index >= 15 is 0 Å². The van der Waals surface area contributed by atoms with Crippen molar-refractivity contribution in [2.45, 2.75) is 32.0 Å². The Labute approximate surface area is 91.5 Å². The normalized spacial score (nSPS) is 45.3. The van der Waals surface area contributed by atoms with Gasteiger partial charge in [-0.1, -0.05) is 6.92 Å². The number of hydrogen-bond donors (Lipinski definition) is 1. The molecule has 3 aliphatic rings. The lowest BCUT2D eigenvalue weighted by Crippen LogP contribution is -2.45. The lowest BCUT2D eigenvalue weighted by atomic mass is 9.85. The molecule has 3 aliphatic heterocycles. The van der Waals surface area contributed by atoms with Gasteiger partial charge < -0.3 is 10.1 Å². The Balaban J connectivity index is 1.95. The molecule has 3 atom stereocenters. The van der Waals surface area contributed by atoms with Crippen LogP contribution in [0.5, 0.6) is 0 Å². The third-order valence-electron chi connectivity index (χ3n) is 3.92. The fourth-order valence-corrected chi connectivity index (χ4v) is 3.38. The molecule has 1 N–H and O–H groups in total. The van der Waals surface area contributed by atoms with Gasteiger partial charge in [0.15, 0.2) is 0 Å². The van der Waals surface area contributed by atoms with E-state index in [0.717, 1.165) is 25.6 Å². The Morgan fingerprint density at radius 2 is 2.33 bits per heavy atom. The van der Waals surface area contributed by atoms with Crippen molar-refractivity contribution in [3.05, 3.63) is 11.3 Å². The average Bonchev–Trinajstić information content (AvgIpc) is 2.55.